The molecule has 110 valence electrons. The summed E-state index contributed by atoms with van der Waals surface area (Å²) in [4.78, 5) is 0.197. The summed E-state index contributed by atoms with van der Waals surface area (Å²) in [6.07, 6.45) is 0.748. The summed E-state index contributed by atoms with van der Waals surface area (Å²) in [7, 11) is -3.57. The number of sulfonamides is 1. The molecule has 0 heterocycles. The van der Waals surface area contributed by atoms with Crippen LogP contribution in [0.4, 0.5) is 0 Å². The fourth-order valence-corrected chi connectivity index (χ4v) is 3.84. The van der Waals surface area contributed by atoms with Gasteiger partial charge in [0.2, 0.25) is 10.0 Å². The third kappa shape index (κ3) is 3.60. The zero-order chi connectivity index (χ0) is 15.2. The van der Waals surface area contributed by atoms with E-state index in [4.69, 9.17) is 5.11 Å². The van der Waals surface area contributed by atoms with Crippen LogP contribution in [-0.2, 0) is 10.0 Å². The summed E-state index contributed by atoms with van der Waals surface area (Å²) in [6.45, 7) is 5.80. The lowest BCUT2D eigenvalue weighted by atomic mass is 10.2. The summed E-state index contributed by atoms with van der Waals surface area (Å²) in [5.41, 5.74) is 0.420. The van der Waals surface area contributed by atoms with Crippen molar-refractivity contribution in [2.45, 2.75) is 38.1 Å². The van der Waals surface area contributed by atoms with Gasteiger partial charge in [-0.1, -0.05) is 37.8 Å². The second-order valence-corrected chi connectivity index (χ2v) is 6.28. The van der Waals surface area contributed by atoms with Crippen LogP contribution in [0.2, 0.25) is 0 Å². The third-order valence-corrected chi connectivity index (χ3v) is 5.32. The largest absolute Gasteiger partial charge is 0.384 e. The van der Waals surface area contributed by atoms with Gasteiger partial charge in [0.05, 0.1) is 4.90 Å². The first-order valence-electron chi connectivity index (χ1n) is 6.69. The van der Waals surface area contributed by atoms with Crippen LogP contribution in [-0.4, -0.2) is 37.0 Å². The molecule has 0 radical (unpaired) electrons. The highest BCUT2D eigenvalue weighted by molar-refractivity contribution is 7.89. The Morgan fingerprint density at radius 1 is 1.30 bits per heavy atom. The van der Waals surface area contributed by atoms with E-state index >= 15 is 0 Å². The van der Waals surface area contributed by atoms with Crippen LogP contribution in [0.25, 0.3) is 0 Å². The number of hydrogen-bond acceptors (Lipinski definition) is 3. The molecule has 0 bridgehead atoms. The van der Waals surface area contributed by atoms with E-state index in [0.717, 1.165) is 6.42 Å². The fraction of sp³-hybridized carbons (Fsp3) is 0.467. The number of aliphatic hydroxyl groups excluding tert-OH is 1. The van der Waals surface area contributed by atoms with Crippen LogP contribution in [0.3, 0.4) is 0 Å². The van der Waals surface area contributed by atoms with Gasteiger partial charge in [-0.2, -0.15) is 4.31 Å². The van der Waals surface area contributed by atoms with E-state index < -0.39 is 10.0 Å². The predicted octanol–water partition coefficient (Wildman–Crippen LogP) is 1.84. The number of hydrogen-bond donors (Lipinski definition) is 1. The smallest absolute Gasteiger partial charge is 0.244 e. The Balaban J connectivity index is 3.35. The molecule has 0 fully saturated rings. The Labute approximate surface area is 121 Å². The lowest BCUT2D eigenvalue weighted by Crippen LogP contribution is -2.38. The van der Waals surface area contributed by atoms with Gasteiger partial charge < -0.3 is 5.11 Å². The lowest BCUT2D eigenvalue weighted by Gasteiger charge is -2.26. The summed E-state index contributed by atoms with van der Waals surface area (Å²) in [5, 5.41) is 8.77. The Morgan fingerprint density at radius 3 is 2.50 bits per heavy atom. The van der Waals surface area contributed by atoms with Gasteiger partial charge in [-0.25, -0.2) is 8.42 Å². The molecule has 0 saturated heterocycles. The van der Waals surface area contributed by atoms with Gasteiger partial charge in [0.1, 0.15) is 6.61 Å². The molecule has 1 rings (SSSR count). The molecule has 1 aromatic carbocycles. The van der Waals surface area contributed by atoms with Gasteiger partial charge >= 0.3 is 0 Å². The van der Waals surface area contributed by atoms with Crippen LogP contribution < -0.4 is 0 Å². The molecule has 1 aromatic rings. The maximum absolute atomic E-state index is 12.7. The van der Waals surface area contributed by atoms with E-state index in [0.29, 0.717) is 12.1 Å². The quantitative estimate of drug-likeness (QED) is 0.843. The van der Waals surface area contributed by atoms with E-state index in [9.17, 15) is 8.42 Å². The molecule has 0 aliphatic heterocycles. The minimum Gasteiger partial charge on any atom is -0.384 e. The second kappa shape index (κ2) is 7.44. The minimum absolute atomic E-state index is 0.0659. The molecule has 0 saturated carbocycles. The van der Waals surface area contributed by atoms with Crippen molar-refractivity contribution in [1.82, 2.24) is 4.31 Å². The van der Waals surface area contributed by atoms with Crippen molar-refractivity contribution in [2.24, 2.45) is 0 Å². The maximum atomic E-state index is 12.7. The van der Waals surface area contributed by atoms with E-state index in [-0.39, 0.29) is 17.5 Å². The summed E-state index contributed by atoms with van der Waals surface area (Å²) >= 11 is 0. The summed E-state index contributed by atoms with van der Waals surface area (Å²) < 4.78 is 27.0. The summed E-state index contributed by atoms with van der Waals surface area (Å²) in [5.74, 6) is 5.20. The topological polar surface area (TPSA) is 57.6 Å². The standard InChI is InChI=1S/C15H21NO3S/c1-4-13(3)16(5-2)20(18,19)15-11-7-6-9-14(15)10-8-12-17/h6-7,9,11,13,17H,4-5,12H2,1-3H3. The van der Waals surface area contributed by atoms with Gasteiger partial charge in [0, 0.05) is 18.2 Å². The maximum Gasteiger partial charge on any atom is 0.244 e. The molecule has 0 aliphatic rings. The van der Waals surface area contributed by atoms with Crippen molar-refractivity contribution in [3.05, 3.63) is 29.8 Å². The number of aliphatic hydroxyl groups is 1. The van der Waals surface area contributed by atoms with Gasteiger partial charge in [0.15, 0.2) is 0 Å². The van der Waals surface area contributed by atoms with Gasteiger partial charge in [0.25, 0.3) is 0 Å². The summed E-state index contributed by atoms with van der Waals surface area (Å²) in [6, 6.07) is 6.56. The van der Waals surface area contributed by atoms with E-state index in [1.807, 2.05) is 20.8 Å². The molecule has 20 heavy (non-hydrogen) atoms. The molecule has 0 spiro atoms. The highest BCUT2D eigenvalue weighted by Crippen LogP contribution is 2.22. The minimum atomic E-state index is -3.57. The molecular weight excluding hydrogens is 274 g/mol. The first kappa shape index (κ1) is 16.7. The molecule has 0 amide bonds. The molecule has 1 unspecified atom stereocenters. The zero-order valence-electron chi connectivity index (χ0n) is 12.1. The van der Waals surface area contributed by atoms with Crippen molar-refractivity contribution >= 4 is 10.0 Å². The first-order chi connectivity index (χ1) is 9.48. The average Bonchev–Trinajstić information content (AvgIpc) is 2.45. The van der Waals surface area contributed by atoms with Crippen LogP contribution in [0.5, 0.6) is 0 Å². The normalized spacial score (nSPS) is 12.8. The predicted molar refractivity (Wildman–Crippen MR) is 79.7 cm³/mol. The highest BCUT2D eigenvalue weighted by atomic mass is 32.2. The molecule has 0 aliphatic carbocycles. The number of benzene rings is 1. The van der Waals surface area contributed by atoms with Gasteiger partial charge in [-0.05, 0) is 25.5 Å². The Bertz CT molecular complexity index is 599. The van der Waals surface area contributed by atoms with Crippen LogP contribution in [0.15, 0.2) is 29.2 Å². The molecule has 0 aromatic heterocycles. The molecule has 5 heteroatoms. The van der Waals surface area contributed by atoms with E-state index in [1.165, 1.54) is 4.31 Å². The monoisotopic (exact) mass is 295 g/mol. The van der Waals surface area contributed by atoms with Gasteiger partial charge in [-0.3, -0.25) is 0 Å². The Morgan fingerprint density at radius 2 is 1.95 bits per heavy atom. The molecule has 4 nitrogen and oxygen atoms in total. The molecular formula is C15H21NO3S. The van der Waals surface area contributed by atoms with Crippen LogP contribution >= 0.6 is 0 Å². The van der Waals surface area contributed by atoms with Crippen molar-refractivity contribution < 1.29 is 13.5 Å². The fourth-order valence-electron chi connectivity index (χ4n) is 1.98. The molecule has 1 atom stereocenters. The Hall–Kier alpha value is -1.35. The first-order valence-corrected chi connectivity index (χ1v) is 8.13. The zero-order valence-corrected chi connectivity index (χ0v) is 12.9. The van der Waals surface area contributed by atoms with Crippen molar-refractivity contribution in [3.8, 4) is 11.8 Å². The SMILES string of the molecule is CCC(C)N(CC)S(=O)(=O)c1ccccc1C#CCO. The number of nitrogens with zero attached hydrogens (tertiary/aromatic N) is 1. The second-order valence-electron chi connectivity index (χ2n) is 4.42. The molecule has 1 N–H and O–H groups in total. The highest BCUT2D eigenvalue weighted by Gasteiger charge is 2.28. The lowest BCUT2D eigenvalue weighted by molar-refractivity contribution is 0.342. The number of rotatable bonds is 5. The van der Waals surface area contributed by atoms with Crippen LogP contribution in [0.1, 0.15) is 32.8 Å². The van der Waals surface area contributed by atoms with Gasteiger partial charge in [-0.15, -0.1) is 0 Å². The Kier molecular flexibility index (Phi) is 6.21. The van der Waals surface area contributed by atoms with Crippen molar-refractivity contribution in [1.29, 1.82) is 0 Å². The van der Waals surface area contributed by atoms with Crippen LogP contribution in [0, 0.1) is 11.8 Å². The van der Waals surface area contributed by atoms with E-state index in [2.05, 4.69) is 11.8 Å². The van der Waals surface area contributed by atoms with E-state index in [1.54, 1.807) is 24.3 Å². The average molecular weight is 295 g/mol. The van der Waals surface area contributed by atoms with Crippen molar-refractivity contribution in [3.63, 3.8) is 0 Å². The van der Waals surface area contributed by atoms with Crippen molar-refractivity contribution in [2.75, 3.05) is 13.2 Å². The third-order valence-electron chi connectivity index (χ3n) is 3.17.